The molecule has 1 aliphatic heterocycles. The molecular formula is C17H27N3O. The van der Waals surface area contributed by atoms with E-state index in [1.807, 2.05) is 26.1 Å². The van der Waals surface area contributed by atoms with Gasteiger partial charge < -0.3 is 10.6 Å². The van der Waals surface area contributed by atoms with Gasteiger partial charge >= 0.3 is 0 Å². The van der Waals surface area contributed by atoms with Crippen LogP contribution in [-0.4, -0.2) is 43.5 Å². The van der Waals surface area contributed by atoms with Crippen molar-refractivity contribution >= 4 is 5.91 Å². The highest BCUT2D eigenvalue weighted by Gasteiger charge is 2.18. The zero-order chi connectivity index (χ0) is 15.2. The van der Waals surface area contributed by atoms with E-state index in [1.165, 1.54) is 24.0 Å². The molecule has 2 N–H and O–H groups in total. The van der Waals surface area contributed by atoms with Gasteiger partial charge in [-0.05, 0) is 51.4 Å². The number of aryl methyl sites for hydroxylation is 1. The fourth-order valence-electron chi connectivity index (χ4n) is 3.04. The molecular weight excluding hydrogens is 262 g/mol. The van der Waals surface area contributed by atoms with E-state index >= 15 is 0 Å². The summed E-state index contributed by atoms with van der Waals surface area (Å²) in [5.41, 5.74) is 2.40. The Kier molecular flexibility index (Phi) is 5.76. The highest BCUT2D eigenvalue weighted by Crippen LogP contribution is 2.16. The van der Waals surface area contributed by atoms with E-state index in [9.17, 15) is 4.79 Å². The van der Waals surface area contributed by atoms with Crippen molar-refractivity contribution in [1.29, 1.82) is 0 Å². The maximum Gasteiger partial charge on any atom is 0.234 e. The minimum absolute atomic E-state index is 0.0525. The quantitative estimate of drug-likeness (QED) is 0.840. The van der Waals surface area contributed by atoms with Crippen LogP contribution in [-0.2, 0) is 4.79 Å². The number of hydrogen-bond donors (Lipinski definition) is 2. The molecule has 0 saturated carbocycles. The summed E-state index contributed by atoms with van der Waals surface area (Å²) in [7, 11) is 2.01. The van der Waals surface area contributed by atoms with E-state index in [0.717, 1.165) is 13.1 Å². The van der Waals surface area contributed by atoms with Gasteiger partial charge in [0.05, 0.1) is 12.6 Å². The van der Waals surface area contributed by atoms with Crippen molar-refractivity contribution in [3.63, 3.8) is 0 Å². The second kappa shape index (κ2) is 7.57. The third kappa shape index (κ3) is 4.83. The molecule has 0 spiro atoms. The number of carbonyl (C=O) groups is 1. The standard InChI is InChI=1S/C17H27N3O/c1-13-7-4-5-9-16(13)14(2)19-17(21)12-20(3)11-15-8-6-10-18-15/h4-5,7,9,14-15,18H,6,8,10-12H2,1-3H3,(H,19,21). The topological polar surface area (TPSA) is 44.4 Å². The molecule has 1 aromatic rings. The van der Waals surface area contributed by atoms with Crippen molar-refractivity contribution in [1.82, 2.24) is 15.5 Å². The third-order valence-electron chi connectivity index (χ3n) is 4.14. The van der Waals surface area contributed by atoms with Crippen LogP contribution in [0, 0.1) is 6.92 Å². The first-order valence-corrected chi connectivity index (χ1v) is 7.83. The fourth-order valence-corrected chi connectivity index (χ4v) is 3.04. The zero-order valence-electron chi connectivity index (χ0n) is 13.4. The molecule has 1 saturated heterocycles. The average molecular weight is 289 g/mol. The molecule has 1 fully saturated rings. The lowest BCUT2D eigenvalue weighted by Gasteiger charge is -2.22. The highest BCUT2D eigenvalue weighted by atomic mass is 16.2. The largest absolute Gasteiger partial charge is 0.348 e. The third-order valence-corrected chi connectivity index (χ3v) is 4.14. The molecule has 1 heterocycles. The number of hydrogen-bond acceptors (Lipinski definition) is 3. The van der Waals surface area contributed by atoms with Crippen molar-refractivity contribution in [3.8, 4) is 0 Å². The van der Waals surface area contributed by atoms with Gasteiger partial charge in [-0.15, -0.1) is 0 Å². The van der Waals surface area contributed by atoms with Gasteiger partial charge in [0.25, 0.3) is 0 Å². The molecule has 4 nitrogen and oxygen atoms in total. The lowest BCUT2D eigenvalue weighted by atomic mass is 10.0. The molecule has 116 valence electrons. The Bertz CT molecular complexity index is 469. The first kappa shape index (κ1) is 16.0. The molecule has 2 rings (SSSR count). The Morgan fingerprint density at radius 1 is 1.48 bits per heavy atom. The second-order valence-corrected chi connectivity index (χ2v) is 6.14. The summed E-state index contributed by atoms with van der Waals surface area (Å²) in [5, 5.41) is 6.55. The van der Waals surface area contributed by atoms with Gasteiger partial charge in [0.15, 0.2) is 0 Å². The first-order valence-electron chi connectivity index (χ1n) is 7.83. The Labute approximate surface area is 127 Å². The SMILES string of the molecule is Cc1ccccc1C(C)NC(=O)CN(C)CC1CCCN1. The molecule has 21 heavy (non-hydrogen) atoms. The first-order chi connectivity index (χ1) is 10.1. The number of rotatable bonds is 6. The van der Waals surface area contributed by atoms with E-state index in [1.54, 1.807) is 0 Å². The fraction of sp³-hybridized carbons (Fsp3) is 0.588. The number of carbonyl (C=O) groups excluding carboxylic acids is 1. The maximum absolute atomic E-state index is 12.1. The van der Waals surface area contributed by atoms with Crippen LogP contribution in [0.4, 0.5) is 0 Å². The summed E-state index contributed by atoms with van der Waals surface area (Å²) >= 11 is 0. The summed E-state index contributed by atoms with van der Waals surface area (Å²) in [5.74, 6) is 0.0891. The van der Waals surface area contributed by atoms with Gasteiger partial charge in [-0.3, -0.25) is 9.69 Å². The molecule has 1 amide bonds. The molecule has 0 aromatic heterocycles. The van der Waals surface area contributed by atoms with Gasteiger partial charge in [0, 0.05) is 12.6 Å². The van der Waals surface area contributed by atoms with Gasteiger partial charge in [-0.2, -0.15) is 0 Å². The number of likely N-dealkylation sites (N-methyl/N-ethyl adjacent to an activating group) is 1. The minimum Gasteiger partial charge on any atom is -0.348 e. The molecule has 0 aliphatic carbocycles. The molecule has 1 aliphatic rings. The van der Waals surface area contributed by atoms with E-state index in [4.69, 9.17) is 0 Å². The van der Waals surface area contributed by atoms with Crippen LogP contribution in [0.2, 0.25) is 0 Å². The number of benzene rings is 1. The molecule has 2 unspecified atom stereocenters. The smallest absolute Gasteiger partial charge is 0.234 e. The number of nitrogens with zero attached hydrogens (tertiary/aromatic N) is 1. The minimum atomic E-state index is 0.0525. The zero-order valence-corrected chi connectivity index (χ0v) is 13.4. The predicted octanol–water partition coefficient (Wildman–Crippen LogP) is 1.86. The molecule has 4 heteroatoms. The van der Waals surface area contributed by atoms with E-state index in [-0.39, 0.29) is 11.9 Å². The summed E-state index contributed by atoms with van der Waals surface area (Å²) in [6, 6.07) is 8.79. The van der Waals surface area contributed by atoms with Crippen LogP contribution in [0.25, 0.3) is 0 Å². The summed E-state index contributed by atoms with van der Waals surface area (Å²) in [4.78, 5) is 14.2. The Hall–Kier alpha value is -1.39. The monoisotopic (exact) mass is 289 g/mol. The van der Waals surface area contributed by atoms with Crippen LogP contribution in [0.1, 0.15) is 36.9 Å². The van der Waals surface area contributed by atoms with Gasteiger partial charge in [0.1, 0.15) is 0 Å². The van der Waals surface area contributed by atoms with Gasteiger partial charge in [-0.25, -0.2) is 0 Å². The van der Waals surface area contributed by atoms with Crippen molar-refractivity contribution in [2.75, 3.05) is 26.7 Å². The van der Waals surface area contributed by atoms with Gasteiger partial charge in [-0.1, -0.05) is 24.3 Å². The maximum atomic E-state index is 12.1. The van der Waals surface area contributed by atoms with Crippen molar-refractivity contribution in [3.05, 3.63) is 35.4 Å². The lowest BCUT2D eigenvalue weighted by Crippen LogP contribution is -2.41. The average Bonchev–Trinajstić information content (AvgIpc) is 2.91. The predicted molar refractivity (Wildman–Crippen MR) is 86.3 cm³/mol. The van der Waals surface area contributed by atoms with Crippen LogP contribution in [0.5, 0.6) is 0 Å². The second-order valence-electron chi connectivity index (χ2n) is 6.14. The van der Waals surface area contributed by atoms with Crippen LogP contribution in [0.15, 0.2) is 24.3 Å². The van der Waals surface area contributed by atoms with Crippen LogP contribution < -0.4 is 10.6 Å². The Morgan fingerprint density at radius 2 is 2.24 bits per heavy atom. The molecule has 1 aromatic carbocycles. The lowest BCUT2D eigenvalue weighted by molar-refractivity contribution is -0.122. The number of nitrogens with one attached hydrogen (secondary N) is 2. The van der Waals surface area contributed by atoms with Crippen molar-refractivity contribution < 1.29 is 4.79 Å². The molecule has 0 bridgehead atoms. The Balaban J connectivity index is 1.79. The number of amides is 1. The van der Waals surface area contributed by atoms with E-state index < -0.39 is 0 Å². The van der Waals surface area contributed by atoms with E-state index in [0.29, 0.717) is 12.6 Å². The van der Waals surface area contributed by atoms with Crippen LogP contribution >= 0.6 is 0 Å². The van der Waals surface area contributed by atoms with Crippen molar-refractivity contribution in [2.24, 2.45) is 0 Å². The molecule has 2 atom stereocenters. The highest BCUT2D eigenvalue weighted by molar-refractivity contribution is 5.78. The van der Waals surface area contributed by atoms with Crippen LogP contribution in [0.3, 0.4) is 0 Å². The van der Waals surface area contributed by atoms with Crippen molar-refractivity contribution in [2.45, 2.75) is 38.8 Å². The summed E-state index contributed by atoms with van der Waals surface area (Å²) in [6.45, 7) is 6.62. The summed E-state index contributed by atoms with van der Waals surface area (Å²) in [6.07, 6.45) is 2.46. The molecule has 0 radical (unpaired) electrons. The Morgan fingerprint density at radius 3 is 2.90 bits per heavy atom. The van der Waals surface area contributed by atoms with Gasteiger partial charge in [0.2, 0.25) is 5.91 Å². The normalized spacial score (nSPS) is 19.7. The van der Waals surface area contributed by atoms with E-state index in [2.05, 4.69) is 34.6 Å². The summed E-state index contributed by atoms with van der Waals surface area (Å²) < 4.78 is 0.